The highest BCUT2D eigenvalue weighted by atomic mass is 127. The first-order valence-corrected chi connectivity index (χ1v) is 4.96. The van der Waals surface area contributed by atoms with Crippen LogP contribution >= 0.6 is 22.6 Å². The largest absolute Gasteiger partial charge is 0.481 e. The Morgan fingerprint density at radius 1 is 1.69 bits per heavy atom. The van der Waals surface area contributed by atoms with Gasteiger partial charge in [-0.1, -0.05) is 22.6 Å². The molecule has 0 aliphatic heterocycles. The predicted molar refractivity (Wildman–Crippen MR) is 55.2 cm³/mol. The number of ether oxygens (including phenoxy) is 1. The molecular formula is C7H7IN2O3. The molecule has 1 aromatic heterocycles. The standard InChI is InChI=1S/C7H7IN2O3/c1-13-7-3-2-6(10(11)12)5(4-8)9-7/h2-3H,4H2,1H3. The molecule has 0 bridgehead atoms. The lowest BCUT2D eigenvalue weighted by Crippen LogP contribution is -1.98. The zero-order valence-electron chi connectivity index (χ0n) is 6.86. The maximum absolute atomic E-state index is 10.5. The topological polar surface area (TPSA) is 65.3 Å². The van der Waals surface area contributed by atoms with Gasteiger partial charge in [-0.3, -0.25) is 10.1 Å². The van der Waals surface area contributed by atoms with Crippen LogP contribution in [0.3, 0.4) is 0 Å². The van der Waals surface area contributed by atoms with E-state index in [1.165, 1.54) is 19.2 Å². The van der Waals surface area contributed by atoms with Crippen molar-refractivity contribution in [3.05, 3.63) is 27.9 Å². The van der Waals surface area contributed by atoms with Gasteiger partial charge < -0.3 is 4.74 Å². The molecule has 1 rings (SSSR count). The monoisotopic (exact) mass is 294 g/mol. The van der Waals surface area contributed by atoms with Gasteiger partial charge >= 0.3 is 0 Å². The summed E-state index contributed by atoms with van der Waals surface area (Å²) in [7, 11) is 1.48. The van der Waals surface area contributed by atoms with Crippen LogP contribution in [0.15, 0.2) is 12.1 Å². The first kappa shape index (κ1) is 10.2. The third kappa shape index (κ3) is 2.27. The van der Waals surface area contributed by atoms with Gasteiger partial charge in [0.25, 0.3) is 5.69 Å². The van der Waals surface area contributed by atoms with Gasteiger partial charge in [0, 0.05) is 16.6 Å². The molecule has 0 unspecified atom stereocenters. The Hall–Kier alpha value is -0.920. The summed E-state index contributed by atoms with van der Waals surface area (Å²) in [6, 6.07) is 2.88. The van der Waals surface area contributed by atoms with Crippen LogP contribution in [0.1, 0.15) is 5.69 Å². The van der Waals surface area contributed by atoms with E-state index in [1.54, 1.807) is 0 Å². The van der Waals surface area contributed by atoms with E-state index >= 15 is 0 Å². The van der Waals surface area contributed by atoms with Crippen molar-refractivity contribution in [2.45, 2.75) is 4.43 Å². The molecule has 6 heteroatoms. The fourth-order valence-corrected chi connectivity index (χ4v) is 1.41. The number of rotatable bonds is 3. The fraction of sp³-hybridized carbons (Fsp3) is 0.286. The molecule has 70 valence electrons. The van der Waals surface area contributed by atoms with E-state index in [-0.39, 0.29) is 5.69 Å². The number of methoxy groups -OCH3 is 1. The number of hydrogen-bond acceptors (Lipinski definition) is 4. The van der Waals surface area contributed by atoms with Crippen molar-refractivity contribution in [2.75, 3.05) is 7.11 Å². The molecule has 0 aliphatic rings. The van der Waals surface area contributed by atoms with E-state index in [1.807, 2.05) is 22.6 Å². The zero-order chi connectivity index (χ0) is 9.84. The molecule has 0 atom stereocenters. The minimum absolute atomic E-state index is 0.0372. The lowest BCUT2D eigenvalue weighted by Gasteiger charge is -2.01. The van der Waals surface area contributed by atoms with Gasteiger partial charge in [-0.25, -0.2) is 4.98 Å². The maximum atomic E-state index is 10.5. The molecule has 0 amide bonds. The van der Waals surface area contributed by atoms with Gasteiger partial charge in [-0.2, -0.15) is 0 Å². The van der Waals surface area contributed by atoms with Crippen molar-refractivity contribution in [1.29, 1.82) is 0 Å². The highest BCUT2D eigenvalue weighted by Gasteiger charge is 2.14. The van der Waals surface area contributed by atoms with Gasteiger partial charge in [0.05, 0.1) is 12.0 Å². The molecule has 0 N–H and O–H groups in total. The van der Waals surface area contributed by atoms with Crippen molar-refractivity contribution in [1.82, 2.24) is 4.98 Å². The molecule has 1 aromatic rings. The van der Waals surface area contributed by atoms with Crippen LogP contribution in [0, 0.1) is 10.1 Å². The summed E-state index contributed by atoms with van der Waals surface area (Å²) >= 11 is 2.02. The number of alkyl halides is 1. The smallest absolute Gasteiger partial charge is 0.291 e. The molecule has 0 aromatic carbocycles. The molecule has 0 spiro atoms. The number of halogens is 1. The Kier molecular flexibility index (Phi) is 3.40. The van der Waals surface area contributed by atoms with Crippen molar-refractivity contribution < 1.29 is 9.66 Å². The normalized spacial score (nSPS) is 9.69. The highest BCUT2D eigenvalue weighted by molar-refractivity contribution is 14.1. The van der Waals surface area contributed by atoms with E-state index in [4.69, 9.17) is 4.74 Å². The third-order valence-electron chi connectivity index (χ3n) is 1.46. The van der Waals surface area contributed by atoms with Crippen LogP contribution < -0.4 is 4.74 Å². The van der Waals surface area contributed by atoms with Gasteiger partial charge in [0.15, 0.2) is 0 Å². The van der Waals surface area contributed by atoms with Crippen LogP contribution in [0.25, 0.3) is 0 Å². The quantitative estimate of drug-likeness (QED) is 0.370. The Morgan fingerprint density at radius 2 is 2.38 bits per heavy atom. The van der Waals surface area contributed by atoms with Crippen LogP contribution in [-0.2, 0) is 4.43 Å². The summed E-state index contributed by atoms with van der Waals surface area (Å²) < 4.78 is 5.35. The first-order valence-electron chi connectivity index (χ1n) is 3.43. The molecule has 0 radical (unpaired) electrons. The van der Waals surface area contributed by atoms with Crippen LogP contribution in [0.4, 0.5) is 5.69 Å². The molecule has 0 fully saturated rings. The summed E-state index contributed by atoms with van der Waals surface area (Å²) in [5.74, 6) is 0.400. The Labute approximate surface area is 88.4 Å². The molecule has 5 nitrogen and oxygen atoms in total. The number of hydrogen-bond donors (Lipinski definition) is 0. The number of nitrogens with zero attached hydrogens (tertiary/aromatic N) is 2. The van der Waals surface area contributed by atoms with E-state index in [2.05, 4.69) is 4.98 Å². The average Bonchev–Trinajstić information content (AvgIpc) is 2.16. The summed E-state index contributed by atoms with van der Waals surface area (Å²) in [4.78, 5) is 14.0. The molecule has 0 saturated heterocycles. The molecule has 13 heavy (non-hydrogen) atoms. The summed E-state index contributed by atoms with van der Waals surface area (Å²) in [5.41, 5.74) is 0.472. The van der Waals surface area contributed by atoms with E-state index in [0.29, 0.717) is 16.0 Å². The highest BCUT2D eigenvalue weighted by Crippen LogP contribution is 2.21. The zero-order valence-corrected chi connectivity index (χ0v) is 9.02. The second-order valence-corrected chi connectivity index (χ2v) is 2.97. The summed E-state index contributed by atoms with van der Waals surface area (Å²) in [5, 5.41) is 10.5. The summed E-state index contributed by atoms with van der Waals surface area (Å²) in [6.07, 6.45) is 0. The molecule has 1 heterocycles. The van der Waals surface area contributed by atoms with Crippen LogP contribution in [0.2, 0.25) is 0 Å². The Balaban J connectivity index is 3.15. The van der Waals surface area contributed by atoms with Crippen molar-refractivity contribution in [3.63, 3.8) is 0 Å². The van der Waals surface area contributed by atoms with Crippen molar-refractivity contribution in [3.8, 4) is 5.88 Å². The van der Waals surface area contributed by atoms with Crippen molar-refractivity contribution in [2.24, 2.45) is 0 Å². The molecule has 0 aliphatic carbocycles. The molecule has 0 saturated carbocycles. The lowest BCUT2D eigenvalue weighted by molar-refractivity contribution is -0.385. The Bertz CT molecular complexity index is 330. The van der Waals surface area contributed by atoms with Gasteiger partial charge in [-0.05, 0) is 0 Å². The fourth-order valence-electron chi connectivity index (χ4n) is 0.852. The van der Waals surface area contributed by atoms with E-state index in [9.17, 15) is 10.1 Å². The van der Waals surface area contributed by atoms with Crippen LogP contribution in [0.5, 0.6) is 5.88 Å². The van der Waals surface area contributed by atoms with Gasteiger partial charge in [-0.15, -0.1) is 0 Å². The maximum Gasteiger partial charge on any atom is 0.291 e. The number of pyridine rings is 1. The van der Waals surface area contributed by atoms with Gasteiger partial charge in [0.2, 0.25) is 5.88 Å². The van der Waals surface area contributed by atoms with E-state index in [0.717, 1.165) is 0 Å². The second kappa shape index (κ2) is 4.35. The SMILES string of the molecule is COc1ccc([N+](=O)[O-])c(CI)n1. The van der Waals surface area contributed by atoms with Gasteiger partial charge in [0.1, 0.15) is 5.69 Å². The Morgan fingerprint density at radius 3 is 2.85 bits per heavy atom. The minimum atomic E-state index is -0.444. The second-order valence-electron chi connectivity index (χ2n) is 2.21. The number of nitro groups is 1. The molecular weight excluding hydrogens is 287 g/mol. The van der Waals surface area contributed by atoms with E-state index < -0.39 is 4.92 Å². The lowest BCUT2D eigenvalue weighted by atomic mass is 10.3. The minimum Gasteiger partial charge on any atom is -0.481 e. The third-order valence-corrected chi connectivity index (χ3v) is 2.18. The van der Waals surface area contributed by atoms with Crippen LogP contribution in [-0.4, -0.2) is 17.0 Å². The predicted octanol–water partition coefficient (Wildman–Crippen LogP) is 1.93. The average molecular weight is 294 g/mol. The summed E-state index contributed by atoms with van der Waals surface area (Å²) in [6.45, 7) is 0. The number of aromatic nitrogens is 1. The first-order chi connectivity index (χ1) is 6.19. The van der Waals surface area contributed by atoms with Crippen molar-refractivity contribution >= 4 is 28.3 Å².